The summed E-state index contributed by atoms with van der Waals surface area (Å²) in [5, 5.41) is 9.84. The molecule has 0 radical (unpaired) electrons. The summed E-state index contributed by atoms with van der Waals surface area (Å²) in [4.78, 5) is 3.12. The molecule has 0 amide bonds. The maximum Gasteiger partial charge on any atom is 0.242 e. The van der Waals surface area contributed by atoms with Gasteiger partial charge in [0, 0.05) is 41.4 Å². The third kappa shape index (κ3) is 2.28. The van der Waals surface area contributed by atoms with Crippen molar-refractivity contribution in [3.63, 3.8) is 0 Å². The molecule has 108 valence electrons. The van der Waals surface area contributed by atoms with Crippen molar-refractivity contribution in [1.29, 1.82) is 0 Å². The van der Waals surface area contributed by atoms with Crippen LogP contribution in [0.2, 0.25) is 0 Å². The van der Waals surface area contributed by atoms with E-state index in [0.717, 1.165) is 12.8 Å². The molecular formula is C13H17N3O3S. The molecule has 5 N–H and O–H groups in total. The number of hydrogen-bond donors (Lipinski definition) is 4. The number of aliphatic hydroxyl groups is 1. The fraction of sp³-hybridized carbons (Fsp3) is 0.385. The summed E-state index contributed by atoms with van der Waals surface area (Å²) in [5.74, 6) is 0. The molecule has 1 aliphatic rings. The lowest BCUT2D eigenvalue weighted by Gasteiger charge is -2.12. The quantitative estimate of drug-likeness (QED) is 0.612. The molecule has 0 saturated heterocycles. The number of aromatic nitrogens is 1. The third-order valence-corrected chi connectivity index (χ3v) is 5.33. The van der Waals surface area contributed by atoms with Crippen molar-refractivity contribution in [3.05, 3.63) is 24.4 Å². The molecule has 1 aliphatic carbocycles. The standard InChI is InChI=1S/C13H17N3O3S/c14-9-1-2-10-11(5-9)15-6-12(10)20(18,19)16-7-13(8-17)3-4-13/h1-2,5-6,15-17H,3-4,7-8,14H2. The number of nitrogens with two attached hydrogens (primary N) is 1. The first-order chi connectivity index (χ1) is 9.46. The second kappa shape index (κ2) is 4.47. The Hall–Kier alpha value is -1.57. The second-order valence-electron chi connectivity index (χ2n) is 5.44. The molecule has 0 atom stereocenters. The maximum absolute atomic E-state index is 12.3. The Morgan fingerprint density at radius 3 is 2.80 bits per heavy atom. The summed E-state index contributed by atoms with van der Waals surface area (Å²) in [6.07, 6.45) is 3.18. The fourth-order valence-corrected chi connectivity index (χ4v) is 3.57. The smallest absolute Gasteiger partial charge is 0.242 e. The van der Waals surface area contributed by atoms with Crippen molar-refractivity contribution < 1.29 is 13.5 Å². The van der Waals surface area contributed by atoms with Gasteiger partial charge in [0.2, 0.25) is 10.0 Å². The van der Waals surface area contributed by atoms with Gasteiger partial charge in [0.05, 0.1) is 0 Å². The Kier molecular flexibility index (Phi) is 3.00. The van der Waals surface area contributed by atoms with Gasteiger partial charge in [-0.1, -0.05) is 0 Å². The molecule has 3 rings (SSSR count). The number of sulfonamides is 1. The highest BCUT2D eigenvalue weighted by Crippen LogP contribution is 2.44. The summed E-state index contributed by atoms with van der Waals surface area (Å²) < 4.78 is 27.3. The number of nitrogens with one attached hydrogen (secondary N) is 2. The van der Waals surface area contributed by atoms with Gasteiger partial charge >= 0.3 is 0 Å². The Morgan fingerprint density at radius 1 is 1.40 bits per heavy atom. The number of fused-ring (bicyclic) bond motifs is 1. The minimum Gasteiger partial charge on any atom is -0.399 e. The fourth-order valence-electron chi connectivity index (χ4n) is 2.23. The minimum atomic E-state index is -3.59. The first-order valence-corrected chi connectivity index (χ1v) is 7.91. The van der Waals surface area contributed by atoms with Gasteiger partial charge in [-0.15, -0.1) is 0 Å². The minimum absolute atomic E-state index is 0.0138. The van der Waals surface area contributed by atoms with Gasteiger partial charge in [-0.05, 0) is 31.0 Å². The van der Waals surface area contributed by atoms with Crippen LogP contribution in [0.4, 0.5) is 5.69 Å². The van der Waals surface area contributed by atoms with E-state index in [1.54, 1.807) is 18.2 Å². The molecule has 0 unspecified atom stereocenters. The average Bonchev–Trinajstić information content (AvgIpc) is 3.08. The summed E-state index contributed by atoms with van der Waals surface area (Å²) in [5.41, 5.74) is 6.68. The summed E-state index contributed by atoms with van der Waals surface area (Å²) in [6, 6.07) is 5.06. The van der Waals surface area contributed by atoms with Crippen LogP contribution in [0.5, 0.6) is 0 Å². The number of anilines is 1. The van der Waals surface area contributed by atoms with E-state index < -0.39 is 10.0 Å². The predicted octanol–water partition coefficient (Wildman–Crippen LogP) is 0.801. The Bertz CT molecular complexity index is 747. The second-order valence-corrected chi connectivity index (χ2v) is 7.18. The van der Waals surface area contributed by atoms with E-state index in [9.17, 15) is 13.5 Å². The molecule has 1 fully saturated rings. The van der Waals surface area contributed by atoms with Gasteiger partial charge in [-0.2, -0.15) is 0 Å². The molecule has 6 nitrogen and oxygen atoms in total. The monoisotopic (exact) mass is 295 g/mol. The lowest BCUT2D eigenvalue weighted by molar-refractivity contribution is 0.213. The van der Waals surface area contributed by atoms with Gasteiger partial charge in [0.15, 0.2) is 0 Å². The lowest BCUT2D eigenvalue weighted by atomic mass is 10.1. The molecule has 7 heteroatoms. The van der Waals surface area contributed by atoms with Crippen LogP contribution in [0.3, 0.4) is 0 Å². The van der Waals surface area contributed by atoms with Crippen LogP contribution in [0, 0.1) is 5.41 Å². The summed E-state index contributed by atoms with van der Waals surface area (Å²) in [7, 11) is -3.59. The molecule has 1 saturated carbocycles. The van der Waals surface area contributed by atoms with Gasteiger partial charge in [0.1, 0.15) is 4.90 Å². The third-order valence-electron chi connectivity index (χ3n) is 3.89. The number of aromatic amines is 1. The van der Waals surface area contributed by atoms with Crippen LogP contribution in [0.25, 0.3) is 10.9 Å². The summed E-state index contributed by atoms with van der Waals surface area (Å²) >= 11 is 0. The molecule has 2 aromatic rings. The van der Waals surface area contributed by atoms with Crippen molar-refractivity contribution in [1.82, 2.24) is 9.71 Å². The lowest BCUT2D eigenvalue weighted by Crippen LogP contribution is -2.31. The van der Waals surface area contributed by atoms with Gasteiger partial charge in [0.25, 0.3) is 0 Å². The number of H-pyrrole nitrogens is 1. The van der Waals surface area contributed by atoms with Gasteiger partial charge < -0.3 is 15.8 Å². The number of rotatable bonds is 5. The average molecular weight is 295 g/mol. The highest BCUT2D eigenvalue weighted by molar-refractivity contribution is 7.89. The van der Waals surface area contributed by atoms with Crippen molar-refractivity contribution >= 4 is 26.6 Å². The zero-order valence-electron chi connectivity index (χ0n) is 10.9. The zero-order chi connectivity index (χ0) is 14.4. The molecule has 1 aromatic carbocycles. The maximum atomic E-state index is 12.3. The highest BCUT2D eigenvalue weighted by atomic mass is 32.2. The van der Waals surface area contributed by atoms with Crippen molar-refractivity contribution in [2.24, 2.45) is 5.41 Å². The first kappa shape index (κ1) is 13.4. The largest absolute Gasteiger partial charge is 0.399 e. The molecule has 1 heterocycles. The van der Waals surface area contributed by atoms with E-state index in [1.807, 2.05) is 0 Å². The Balaban J connectivity index is 1.89. The molecule has 1 aromatic heterocycles. The van der Waals surface area contributed by atoms with E-state index >= 15 is 0 Å². The number of nitrogen functional groups attached to an aromatic ring is 1. The van der Waals surface area contributed by atoms with Crippen molar-refractivity contribution in [2.75, 3.05) is 18.9 Å². The Morgan fingerprint density at radius 2 is 2.15 bits per heavy atom. The predicted molar refractivity (Wildman–Crippen MR) is 76.7 cm³/mol. The van der Waals surface area contributed by atoms with Crippen LogP contribution < -0.4 is 10.5 Å². The summed E-state index contributed by atoms with van der Waals surface area (Å²) in [6.45, 7) is 0.285. The van der Waals surface area contributed by atoms with Gasteiger partial charge in [-0.25, -0.2) is 13.1 Å². The number of aliphatic hydroxyl groups excluding tert-OH is 1. The topological polar surface area (TPSA) is 108 Å². The van der Waals surface area contributed by atoms with E-state index in [-0.39, 0.29) is 23.5 Å². The van der Waals surface area contributed by atoms with E-state index in [2.05, 4.69) is 9.71 Å². The molecule has 0 aliphatic heterocycles. The van der Waals surface area contributed by atoms with Crippen LogP contribution >= 0.6 is 0 Å². The van der Waals surface area contributed by atoms with Gasteiger partial charge in [-0.3, -0.25) is 0 Å². The van der Waals surface area contributed by atoms with E-state index in [4.69, 9.17) is 5.73 Å². The molecule has 0 bridgehead atoms. The SMILES string of the molecule is Nc1ccc2c(S(=O)(=O)NCC3(CO)CC3)c[nH]c2c1. The normalized spacial score (nSPS) is 17.4. The Labute approximate surface area is 117 Å². The van der Waals surface area contributed by atoms with Crippen LogP contribution in [0.15, 0.2) is 29.3 Å². The first-order valence-electron chi connectivity index (χ1n) is 6.43. The van der Waals surface area contributed by atoms with Crippen LogP contribution in [-0.2, 0) is 10.0 Å². The molecule has 0 spiro atoms. The molecular weight excluding hydrogens is 278 g/mol. The zero-order valence-corrected chi connectivity index (χ0v) is 11.7. The van der Waals surface area contributed by atoms with E-state index in [0.29, 0.717) is 16.6 Å². The van der Waals surface area contributed by atoms with Crippen molar-refractivity contribution in [2.45, 2.75) is 17.7 Å². The van der Waals surface area contributed by atoms with E-state index in [1.165, 1.54) is 6.20 Å². The number of hydrogen-bond acceptors (Lipinski definition) is 4. The van der Waals surface area contributed by atoms with Crippen LogP contribution in [-0.4, -0.2) is 31.7 Å². The molecule has 20 heavy (non-hydrogen) atoms. The number of benzene rings is 1. The van der Waals surface area contributed by atoms with Crippen LogP contribution in [0.1, 0.15) is 12.8 Å². The highest BCUT2D eigenvalue weighted by Gasteiger charge is 2.42. The van der Waals surface area contributed by atoms with Crippen molar-refractivity contribution in [3.8, 4) is 0 Å².